The van der Waals surface area contributed by atoms with Gasteiger partial charge in [0.05, 0.1) is 0 Å². The van der Waals surface area contributed by atoms with Gasteiger partial charge < -0.3 is 0 Å². The molecule has 2 atom stereocenters. The summed E-state index contributed by atoms with van der Waals surface area (Å²) in [6, 6.07) is 47.2. The van der Waals surface area contributed by atoms with Gasteiger partial charge in [0.2, 0.25) is 0 Å². The van der Waals surface area contributed by atoms with E-state index in [1.165, 1.54) is 77.2 Å². The first-order valence-electron chi connectivity index (χ1n) is 15.3. The summed E-state index contributed by atoms with van der Waals surface area (Å²) in [5, 5.41) is 5.33. The van der Waals surface area contributed by atoms with Crippen LogP contribution in [0, 0.1) is 5.92 Å². The van der Waals surface area contributed by atoms with E-state index >= 15 is 0 Å². The van der Waals surface area contributed by atoms with Crippen LogP contribution in [0.15, 0.2) is 158 Å². The molecule has 43 heavy (non-hydrogen) atoms. The van der Waals surface area contributed by atoms with Gasteiger partial charge in [0.25, 0.3) is 0 Å². The van der Waals surface area contributed by atoms with Gasteiger partial charge in [-0.3, -0.25) is 0 Å². The van der Waals surface area contributed by atoms with E-state index in [4.69, 9.17) is 0 Å². The second-order valence-corrected chi connectivity index (χ2v) is 11.9. The number of benzene rings is 6. The molecule has 0 spiro atoms. The predicted molar refractivity (Wildman–Crippen MR) is 183 cm³/mol. The van der Waals surface area contributed by atoms with Crippen molar-refractivity contribution < 1.29 is 0 Å². The lowest BCUT2D eigenvalue weighted by Gasteiger charge is -2.28. The summed E-state index contributed by atoms with van der Waals surface area (Å²) in [6.45, 7) is 0. The molecule has 3 aliphatic rings. The third-order valence-electron chi connectivity index (χ3n) is 9.65. The van der Waals surface area contributed by atoms with Crippen LogP contribution >= 0.6 is 0 Å². The van der Waals surface area contributed by atoms with Crippen LogP contribution in [-0.2, 0) is 6.42 Å². The van der Waals surface area contributed by atoms with Crippen molar-refractivity contribution in [3.63, 3.8) is 0 Å². The fourth-order valence-corrected chi connectivity index (χ4v) is 7.87. The molecule has 0 heteroatoms. The van der Waals surface area contributed by atoms with E-state index in [1.807, 2.05) is 0 Å². The topological polar surface area (TPSA) is 0 Å². The van der Waals surface area contributed by atoms with E-state index in [2.05, 4.69) is 158 Å². The van der Waals surface area contributed by atoms with E-state index in [9.17, 15) is 0 Å². The molecule has 202 valence electrons. The largest absolute Gasteiger partial charge is 0.0767 e. The molecule has 2 unspecified atom stereocenters. The Kier molecular flexibility index (Phi) is 5.49. The van der Waals surface area contributed by atoms with E-state index < -0.39 is 0 Å². The van der Waals surface area contributed by atoms with Crippen molar-refractivity contribution in [1.29, 1.82) is 0 Å². The standard InChI is InChI=1S/C43H30/c1-2-14-28(15-3-1)26-39-33-20-6-7-21-34(33)40-27-29-16-4-5-17-30(29)42-35-22-10-8-18-31(35)32-19-9-11-23-36(32)43(42)38-25-13-12-24-37(38)41(39)40/h1-25,27,29-30H,26H2/b40-27-. The minimum Gasteiger partial charge on any atom is -0.0767 e. The lowest BCUT2D eigenvalue weighted by Crippen LogP contribution is -2.11. The van der Waals surface area contributed by atoms with Gasteiger partial charge in [0.15, 0.2) is 0 Å². The Bertz CT molecular complexity index is 2200. The lowest BCUT2D eigenvalue weighted by atomic mass is 9.75. The van der Waals surface area contributed by atoms with Gasteiger partial charge in [-0.05, 0) is 83.6 Å². The first kappa shape index (κ1) is 24.4. The first-order chi connectivity index (χ1) is 21.4. The summed E-state index contributed by atoms with van der Waals surface area (Å²) < 4.78 is 0. The molecule has 6 aromatic rings. The Morgan fingerprint density at radius 2 is 1.05 bits per heavy atom. The highest BCUT2D eigenvalue weighted by Gasteiger charge is 2.34. The van der Waals surface area contributed by atoms with Crippen molar-refractivity contribution in [2.75, 3.05) is 0 Å². The van der Waals surface area contributed by atoms with Gasteiger partial charge in [-0.25, -0.2) is 0 Å². The minimum absolute atomic E-state index is 0.222. The molecule has 0 aliphatic heterocycles. The average molecular weight is 547 g/mol. The zero-order valence-corrected chi connectivity index (χ0v) is 23.9. The van der Waals surface area contributed by atoms with E-state index in [0.29, 0.717) is 0 Å². The predicted octanol–water partition coefficient (Wildman–Crippen LogP) is 11.0. The first-order valence-corrected chi connectivity index (χ1v) is 15.3. The number of hydrogen-bond acceptors (Lipinski definition) is 0. The van der Waals surface area contributed by atoms with E-state index in [1.54, 1.807) is 0 Å². The molecule has 0 fully saturated rings. The molecule has 3 aliphatic carbocycles. The van der Waals surface area contributed by atoms with Crippen molar-refractivity contribution in [1.82, 2.24) is 0 Å². The van der Waals surface area contributed by atoms with Crippen LogP contribution < -0.4 is 0 Å². The molecule has 0 saturated carbocycles. The third-order valence-corrected chi connectivity index (χ3v) is 9.65. The zero-order valence-electron chi connectivity index (χ0n) is 23.9. The zero-order chi connectivity index (χ0) is 28.3. The minimum atomic E-state index is 0.222. The van der Waals surface area contributed by atoms with Gasteiger partial charge in [0.1, 0.15) is 0 Å². The molecule has 0 nitrogen and oxygen atoms in total. The van der Waals surface area contributed by atoms with Crippen LogP contribution in [-0.4, -0.2) is 0 Å². The second-order valence-electron chi connectivity index (χ2n) is 11.9. The number of rotatable bonds is 2. The Labute approximate surface area is 252 Å². The summed E-state index contributed by atoms with van der Waals surface area (Å²) in [7, 11) is 0. The highest BCUT2D eigenvalue weighted by molar-refractivity contribution is 6.25. The third kappa shape index (κ3) is 3.70. The van der Waals surface area contributed by atoms with Crippen molar-refractivity contribution in [3.05, 3.63) is 186 Å². The SMILES string of the molecule is C1=CC2/C=C3\C(=C(Cc4ccccc4)c4ccccc43)c3ccccc3-c3c(c4ccccc4c4ccccc34)C2C=C1. The lowest BCUT2D eigenvalue weighted by molar-refractivity contribution is 0.708. The van der Waals surface area contributed by atoms with E-state index in [0.717, 1.165) is 6.42 Å². The Morgan fingerprint density at radius 1 is 0.465 bits per heavy atom. The van der Waals surface area contributed by atoms with Crippen molar-refractivity contribution >= 4 is 38.3 Å². The molecule has 0 radical (unpaired) electrons. The van der Waals surface area contributed by atoms with E-state index in [-0.39, 0.29) is 11.8 Å². The summed E-state index contributed by atoms with van der Waals surface area (Å²) in [6.07, 6.45) is 12.8. The summed E-state index contributed by atoms with van der Waals surface area (Å²) in [4.78, 5) is 0. The highest BCUT2D eigenvalue weighted by atomic mass is 14.4. The average Bonchev–Trinajstić information content (AvgIpc) is 3.39. The molecular weight excluding hydrogens is 516 g/mol. The van der Waals surface area contributed by atoms with Crippen LogP contribution in [0.1, 0.15) is 33.7 Å². The monoisotopic (exact) mass is 546 g/mol. The number of allylic oxidation sites excluding steroid dienone is 8. The van der Waals surface area contributed by atoms with Gasteiger partial charge in [-0.15, -0.1) is 0 Å². The van der Waals surface area contributed by atoms with Crippen molar-refractivity contribution in [3.8, 4) is 11.1 Å². The maximum absolute atomic E-state index is 2.58. The van der Waals surface area contributed by atoms with Crippen LogP contribution in [0.2, 0.25) is 0 Å². The van der Waals surface area contributed by atoms with Gasteiger partial charge in [0, 0.05) is 11.8 Å². The summed E-state index contributed by atoms with van der Waals surface area (Å²) in [5.74, 6) is 0.455. The molecule has 0 saturated heterocycles. The van der Waals surface area contributed by atoms with Crippen LogP contribution in [0.25, 0.3) is 49.4 Å². The summed E-state index contributed by atoms with van der Waals surface area (Å²) in [5.41, 5.74) is 13.7. The Balaban J connectivity index is 1.47. The van der Waals surface area contributed by atoms with Crippen molar-refractivity contribution in [2.45, 2.75) is 12.3 Å². The molecule has 0 aromatic heterocycles. The van der Waals surface area contributed by atoms with Gasteiger partial charge in [-0.1, -0.05) is 158 Å². The van der Waals surface area contributed by atoms with Gasteiger partial charge in [-0.2, -0.15) is 0 Å². The maximum atomic E-state index is 2.58. The van der Waals surface area contributed by atoms with Crippen LogP contribution in [0.3, 0.4) is 0 Å². The number of fused-ring (bicyclic) bond motifs is 14. The molecule has 0 heterocycles. The smallest absolute Gasteiger partial charge is 0.0132 e. The molecule has 9 rings (SSSR count). The Morgan fingerprint density at radius 3 is 1.84 bits per heavy atom. The molecule has 0 amide bonds. The molecule has 6 aromatic carbocycles. The quantitative estimate of drug-likeness (QED) is 0.190. The molecule has 0 bridgehead atoms. The maximum Gasteiger partial charge on any atom is 0.0132 e. The second kappa shape index (κ2) is 9.68. The molecule has 0 N–H and O–H groups in total. The normalized spacial score (nSPS) is 19.4. The Hall–Kier alpha value is -5.20. The van der Waals surface area contributed by atoms with Crippen molar-refractivity contribution in [2.24, 2.45) is 5.92 Å². The molecular formula is C43H30. The fourth-order valence-electron chi connectivity index (χ4n) is 7.87. The van der Waals surface area contributed by atoms with Gasteiger partial charge >= 0.3 is 0 Å². The highest BCUT2D eigenvalue weighted by Crippen LogP contribution is 2.55. The fraction of sp³-hybridized carbons (Fsp3) is 0.0698. The van der Waals surface area contributed by atoms with Crippen LogP contribution in [0.4, 0.5) is 0 Å². The van der Waals surface area contributed by atoms with Crippen LogP contribution in [0.5, 0.6) is 0 Å². The number of hydrogen-bond donors (Lipinski definition) is 0. The summed E-state index contributed by atoms with van der Waals surface area (Å²) >= 11 is 0.